The molecule has 0 spiro atoms. The number of carbonyl (C=O) groups is 1. The lowest BCUT2D eigenvalue weighted by molar-refractivity contribution is 0.0981. The zero-order chi connectivity index (χ0) is 25.7. The number of nitrogens with zero attached hydrogens (tertiary/aromatic N) is 1. The number of benzene rings is 4. The molecule has 5 rings (SSSR count). The van der Waals surface area contributed by atoms with Gasteiger partial charge in [0, 0.05) is 10.9 Å². The summed E-state index contributed by atoms with van der Waals surface area (Å²) >= 11 is 0. The lowest BCUT2D eigenvalue weighted by atomic mass is 10.0. The molecule has 1 amide bonds. The highest BCUT2D eigenvalue weighted by Crippen LogP contribution is 2.19. The number of para-hydroxylation sites is 1. The minimum Gasteiger partial charge on any atom is -0.487 e. The van der Waals surface area contributed by atoms with E-state index in [9.17, 15) is 13.2 Å². The first-order valence-corrected chi connectivity index (χ1v) is 13.2. The van der Waals surface area contributed by atoms with Gasteiger partial charge in [0.15, 0.2) is 0 Å². The third-order valence-corrected chi connectivity index (χ3v) is 7.19. The predicted molar refractivity (Wildman–Crippen MR) is 143 cm³/mol. The second-order valence-electron chi connectivity index (χ2n) is 8.55. The van der Waals surface area contributed by atoms with E-state index < -0.39 is 15.9 Å². The Balaban J connectivity index is 1.21. The maximum atomic E-state index is 12.6. The van der Waals surface area contributed by atoms with E-state index >= 15 is 0 Å². The fraction of sp³-hybridized carbons (Fsp3) is 0.0667. The number of sulfonamides is 1. The Labute approximate surface area is 215 Å². The number of pyridine rings is 1. The van der Waals surface area contributed by atoms with Crippen LogP contribution in [-0.4, -0.2) is 19.3 Å². The second kappa shape index (κ2) is 10.6. The normalized spacial score (nSPS) is 11.2. The number of ether oxygens (including phenoxy) is 1. The third-order valence-electron chi connectivity index (χ3n) is 5.84. The molecule has 0 radical (unpaired) electrons. The van der Waals surface area contributed by atoms with Crippen molar-refractivity contribution >= 4 is 26.8 Å². The first-order chi connectivity index (χ1) is 18.0. The number of carbonyl (C=O) groups excluding carboxylic acids is 1. The van der Waals surface area contributed by atoms with Crippen LogP contribution in [0.25, 0.3) is 10.9 Å². The molecule has 0 bridgehead atoms. The first-order valence-electron chi connectivity index (χ1n) is 11.7. The average molecular weight is 509 g/mol. The van der Waals surface area contributed by atoms with Gasteiger partial charge in [0.05, 0.1) is 16.1 Å². The molecular formula is C30H24N2O4S. The maximum Gasteiger partial charge on any atom is 0.265 e. The Morgan fingerprint density at radius 2 is 1.51 bits per heavy atom. The monoisotopic (exact) mass is 508 g/mol. The summed E-state index contributed by atoms with van der Waals surface area (Å²) < 4.78 is 33.0. The zero-order valence-electron chi connectivity index (χ0n) is 19.9. The summed E-state index contributed by atoms with van der Waals surface area (Å²) in [6, 6.07) is 34.5. The van der Waals surface area contributed by atoms with Gasteiger partial charge in [-0.15, -0.1) is 0 Å². The third kappa shape index (κ3) is 6.02. The SMILES string of the molecule is O=C(NS(=O)(=O)c1ccccc1)c1cccc(Cc2ccc(OCc3ccc4ccccc4n3)cc2)c1. The van der Waals surface area contributed by atoms with Gasteiger partial charge in [-0.05, 0) is 66.1 Å². The van der Waals surface area contributed by atoms with Gasteiger partial charge in [0.25, 0.3) is 15.9 Å². The molecule has 0 atom stereocenters. The summed E-state index contributed by atoms with van der Waals surface area (Å²) in [5, 5.41) is 1.09. The van der Waals surface area contributed by atoms with Crippen molar-refractivity contribution in [3.05, 3.63) is 138 Å². The summed E-state index contributed by atoms with van der Waals surface area (Å²) in [6.45, 7) is 0.368. The molecule has 4 aromatic carbocycles. The summed E-state index contributed by atoms with van der Waals surface area (Å²) in [7, 11) is -3.94. The summed E-state index contributed by atoms with van der Waals surface area (Å²) in [5.74, 6) is 0.0645. The van der Waals surface area contributed by atoms with Gasteiger partial charge in [-0.25, -0.2) is 18.1 Å². The van der Waals surface area contributed by atoms with Crippen molar-refractivity contribution in [3.63, 3.8) is 0 Å². The van der Waals surface area contributed by atoms with E-state index in [-0.39, 0.29) is 10.5 Å². The van der Waals surface area contributed by atoms with Crippen LogP contribution in [-0.2, 0) is 23.1 Å². The smallest absolute Gasteiger partial charge is 0.265 e. The number of hydrogen-bond donors (Lipinski definition) is 1. The number of nitrogens with one attached hydrogen (secondary N) is 1. The van der Waals surface area contributed by atoms with Crippen molar-refractivity contribution in [2.75, 3.05) is 0 Å². The van der Waals surface area contributed by atoms with E-state index in [2.05, 4.69) is 9.71 Å². The molecule has 0 aliphatic carbocycles. The molecule has 5 aromatic rings. The van der Waals surface area contributed by atoms with Crippen molar-refractivity contribution in [1.29, 1.82) is 0 Å². The zero-order valence-corrected chi connectivity index (χ0v) is 20.7. The molecule has 0 fully saturated rings. The highest BCUT2D eigenvalue weighted by molar-refractivity contribution is 7.90. The molecule has 184 valence electrons. The van der Waals surface area contributed by atoms with Crippen molar-refractivity contribution in [2.45, 2.75) is 17.9 Å². The van der Waals surface area contributed by atoms with E-state index in [1.54, 1.807) is 36.4 Å². The molecule has 0 saturated heterocycles. The molecule has 1 N–H and O–H groups in total. The van der Waals surface area contributed by atoms with Crippen LogP contribution in [0.1, 0.15) is 27.2 Å². The van der Waals surface area contributed by atoms with Crippen LogP contribution < -0.4 is 9.46 Å². The fourth-order valence-corrected chi connectivity index (χ4v) is 4.94. The predicted octanol–water partition coefficient (Wildman–Crippen LogP) is 5.52. The van der Waals surface area contributed by atoms with Crippen LogP contribution in [0, 0.1) is 0 Å². The topological polar surface area (TPSA) is 85.4 Å². The van der Waals surface area contributed by atoms with Gasteiger partial charge in [0.1, 0.15) is 12.4 Å². The van der Waals surface area contributed by atoms with Gasteiger partial charge in [-0.2, -0.15) is 0 Å². The lowest BCUT2D eigenvalue weighted by Gasteiger charge is -2.09. The van der Waals surface area contributed by atoms with Crippen LogP contribution in [0.4, 0.5) is 0 Å². The summed E-state index contributed by atoms with van der Waals surface area (Å²) in [6.07, 6.45) is 0.582. The number of amides is 1. The molecular weight excluding hydrogens is 484 g/mol. The van der Waals surface area contributed by atoms with Crippen molar-refractivity contribution in [2.24, 2.45) is 0 Å². The van der Waals surface area contributed by atoms with Crippen molar-refractivity contribution in [1.82, 2.24) is 9.71 Å². The van der Waals surface area contributed by atoms with Crippen LogP contribution in [0.3, 0.4) is 0 Å². The van der Waals surface area contributed by atoms with E-state index in [0.29, 0.717) is 13.0 Å². The Hall–Kier alpha value is -4.49. The van der Waals surface area contributed by atoms with Crippen molar-refractivity contribution in [3.8, 4) is 5.75 Å². The molecule has 1 heterocycles. The van der Waals surface area contributed by atoms with Crippen LogP contribution in [0.2, 0.25) is 0 Å². The highest BCUT2D eigenvalue weighted by Gasteiger charge is 2.18. The molecule has 37 heavy (non-hydrogen) atoms. The highest BCUT2D eigenvalue weighted by atomic mass is 32.2. The maximum absolute atomic E-state index is 12.6. The molecule has 6 nitrogen and oxygen atoms in total. The largest absolute Gasteiger partial charge is 0.487 e. The average Bonchev–Trinajstić information content (AvgIpc) is 2.93. The number of fused-ring (bicyclic) bond motifs is 1. The quantitative estimate of drug-likeness (QED) is 0.298. The van der Waals surface area contributed by atoms with E-state index in [1.807, 2.05) is 66.7 Å². The molecule has 1 aromatic heterocycles. The molecule has 0 unspecified atom stereocenters. The van der Waals surface area contributed by atoms with Crippen LogP contribution in [0.5, 0.6) is 5.75 Å². The van der Waals surface area contributed by atoms with E-state index in [4.69, 9.17) is 4.74 Å². The van der Waals surface area contributed by atoms with Gasteiger partial charge < -0.3 is 4.74 Å². The standard InChI is InChI=1S/C30H24N2O4S/c33-30(32-37(34,35)28-10-2-1-3-11-28)25-9-6-7-23(20-25)19-22-13-17-27(18-14-22)36-21-26-16-15-24-8-4-5-12-29(24)31-26/h1-18,20H,19,21H2,(H,32,33). The lowest BCUT2D eigenvalue weighted by Crippen LogP contribution is -2.30. The first kappa shape index (κ1) is 24.2. The van der Waals surface area contributed by atoms with Gasteiger partial charge >= 0.3 is 0 Å². The van der Waals surface area contributed by atoms with Crippen LogP contribution >= 0.6 is 0 Å². The molecule has 0 saturated carbocycles. The van der Waals surface area contributed by atoms with E-state index in [1.165, 1.54) is 12.1 Å². The van der Waals surface area contributed by atoms with Gasteiger partial charge in [-0.3, -0.25) is 4.79 Å². The number of hydrogen-bond acceptors (Lipinski definition) is 5. The Morgan fingerprint density at radius 3 is 2.32 bits per heavy atom. The molecule has 7 heteroatoms. The summed E-state index contributed by atoms with van der Waals surface area (Å²) in [5.41, 5.74) is 3.99. The minimum absolute atomic E-state index is 0.0400. The second-order valence-corrected chi connectivity index (χ2v) is 10.2. The number of rotatable bonds is 8. The number of aromatic nitrogens is 1. The van der Waals surface area contributed by atoms with E-state index in [0.717, 1.165) is 33.5 Å². The van der Waals surface area contributed by atoms with Crippen LogP contribution in [0.15, 0.2) is 120 Å². The molecule has 0 aliphatic heterocycles. The Bertz CT molecular complexity index is 1650. The van der Waals surface area contributed by atoms with Gasteiger partial charge in [0.2, 0.25) is 0 Å². The van der Waals surface area contributed by atoms with Crippen molar-refractivity contribution < 1.29 is 17.9 Å². The minimum atomic E-state index is -3.94. The van der Waals surface area contributed by atoms with Gasteiger partial charge in [-0.1, -0.05) is 66.7 Å². The fourth-order valence-electron chi connectivity index (χ4n) is 3.95. The Morgan fingerprint density at radius 1 is 0.757 bits per heavy atom. The molecule has 0 aliphatic rings. The Kier molecular flexibility index (Phi) is 6.96. The summed E-state index contributed by atoms with van der Waals surface area (Å²) in [4.78, 5) is 17.3.